The lowest BCUT2D eigenvalue weighted by molar-refractivity contribution is 0.411. The van der Waals surface area contributed by atoms with Gasteiger partial charge in [-0.05, 0) is 49.6 Å². The van der Waals surface area contributed by atoms with Gasteiger partial charge in [0.25, 0.3) is 0 Å². The van der Waals surface area contributed by atoms with Crippen molar-refractivity contribution in [2.24, 2.45) is 17.3 Å². The summed E-state index contributed by atoms with van der Waals surface area (Å²) in [7, 11) is 0. The van der Waals surface area contributed by atoms with Crippen LogP contribution in [-0.4, -0.2) is 13.1 Å². The summed E-state index contributed by atoms with van der Waals surface area (Å²) in [6.07, 6.45) is 10.3. The molecule has 0 aromatic carbocycles. The molecule has 0 aromatic heterocycles. The summed E-state index contributed by atoms with van der Waals surface area (Å²) in [4.78, 5) is 0. The largest absolute Gasteiger partial charge is 0.316 e. The maximum absolute atomic E-state index is 3.70. The van der Waals surface area contributed by atoms with Crippen LogP contribution in [0.1, 0.15) is 58.8 Å². The van der Waals surface area contributed by atoms with Crippen molar-refractivity contribution >= 4 is 0 Å². The third-order valence-corrected chi connectivity index (χ3v) is 4.52. The molecule has 0 amide bonds. The zero-order chi connectivity index (χ0) is 10.7. The highest BCUT2D eigenvalue weighted by molar-refractivity contribution is 4.96. The monoisotopic (exact) mass is 209 g/mol. The maximum Gasteiger partial charge on any atom is -0.00151 e. The molecule has 0 aliphatic heterocycles. The van der Waals surface area contributed by atoms with Crippen molar-refractivity contribution < 1.29 is 0 Å². The number of rotatable bonds is 4. The van der Waals surface area contributed by atoms with Crippen molar-refractivity contribution in [3.05, 3.63) is 0 Å². The van der Waals surface area contributed by atoms with E-state index in [1.165, 1.54) is 58.0 Å². The van der Waals surface area contributed by atoms with Gasteiger partial charge in [-0.1, -0.05) is 39.5 Å². The lowest BCUT2D eigenvalue weighted by Gasteiger charge is -2.15. The van der Waals surface area contributed by atoms with E-state index in [-0.39, 0.29) is 0 Å². The minimum absolute atomic E-state index is 0.649. The van der Waals surface area contributed by atoms with Crippen LogP contribution in [0.4, 0.5) is 0 Å². The first kappa shape index (κ1) is 11.4. The second-order valence-electron chi connectivity index (χ2n) is 6.41. The van der Waals surface area contributed by atoms with Crippen molar-refractivity contribution in [3.8, 4) is 0 Å². The molecule has 0 radical (unpaired) electrons. The fourth-order valence-corrected chi connectivity index (χ4v) is 2.95. The van der Waals surface area contributed by atoms with Gasteiger partial charge in [0.2, 0.25) is 0 Å². The molecule has 88 valence electrons. The minimum Gasteiger partial charge on any atom is -0.316 e. The van der Waals surface area contributed by atoms with E-state index in [1.807, 2.05) is 0 Å². The summed E-state index contributed by atoms with van der Waals surface area (Å²) in [6, 6.07) is 0. The zero-order valence-electron chi connectivity index (χ0n) is 10.5. The van der Waals surface area contributed by atoms with E-state index in [0.29, 0.717) is 5.41 Å². The third-order valence-electron chi connectivity index (χ3n) is 4.52. The van der Waals surface area contributed by atoms with Crippen LogP contribution < -0.4 is 5.32 Å². The average molecular weight is 209 g/mol. The lowest BCUT2D eigenvalue weighted by atomic mass is 10.0. The van der Waals surface area contributed by atoms with Crippen LogP contribution in [-0.2, 0) is 0 Å². The van der Waals surface area contributed by atoms with Crippen molar-refractivity contribution in [1.29, 1.82) is 0 Å². The average Bonchev–Trinajstić information content (AvgIpc) is 2.86. The molecule has 0 spiro atoms. The summed E-state index contributed by atoms with van der Waals surface area (Å²) in [5.41, 5.74) is 0.649. The predicted octanol–water partition coefficient (Wildman–Crippen LogP) is 3.59. The summed E-state index contributed by atoms with van der Waals surface area (Å²) in [5, 5.41) is 3.70. The van der Waals surface area contributed by atoms with Gasteiger partial charge in [0, 0.05) is 0 Å². The Morgan fingerprint density at radius 1 is 1.00 bits per heavy atom. The molecule has 2 rings (SSSR count). The van der Waals surface area contributed by atoms with Gasteiger partial charge in [0.05, 0.1) is 0 Å². The van der Waals surface area contributed by atoms with E-state index in [4.69, 9.17) is 0 Å². The third kappa shape index (κ3) is 3.48. The van der Waals surface area contributed by atoms with Gasteiger partial charge in [0.1, 0.15) is 0 Å². The van der Waals surface area contributed by atoms with Gasteiger partial charge in [-0.25, -0.2) is 0 Å². The van der Waals surface area contributed by atoms with Crippen molar-refractivity contribution in [2.45, 2.75) is 58.8 Å². The van der Waals surface area contributed by atoms with E-state index in [2.05, 4.69) is 19.2 Å². The molecule has 1 nitrogen and oxygen atoms in total. The Kier molecular flexibility index (Phi) is 3.71. The fraction of sp³-hybridized carbons (Fsp3) is 1.00. The first-order valence-electron chi connectivity index (χ1n) is 6.89. The standard InChI is InChI=1S/C14H27N/c1-14(2)9-13(14)11-15-10-12-7-5-3-4-6-8-12/h12-13,15H,3-11H2,1-2H3. The molecular weight excluding hydrogens is 182 g/mol. The second kappa shape index (κ2) is 4.86. The Bertz CT molecular complexity index is 190. The summed E-state index contributed by atoms with van der Waals surface area (Å²) >= 11 is 0. The molecule has 0 aromatic rings. The smallest absolute Gasteiger partial charge is 0.00151 e. The highest BCUT2D eigenvalue weighted by atomic mass is 14.9. The summed E-state index contributed by atoms with van der Waals surface area (Å²) in [5.74, 6) is 1.94. The topological polar surface area (TPSA) is 12.0 Å². The molecule has 1 heteroatoms. The molecule has 2 saturated carbocycles. The van der Waals surface area contributed by atoms with E-state index >= 15 is 0 Å². The van der Waals surface area contributed by atoms with Crippen LogP contribution >= 0.6 is 0 Å². The Morgan fingerprint density at radius 2 is 1.60 bits per heavy atom. The van der Waals surface area contributed by atoms with Gasteiger partial charge < -0.3 is 5.32 Å². The maximum atomic E-state index is 3.70. The van der Waals surface area contributed by atoms with Crippen LogP contribution in [0.15, 0.2) is 0 Å². The summed E-state index contributed by atoms with van der Waals surface area (Å²) < 4.78 is 0. The lowest BCUT2D eigenvalue weighted by Crippen LogP contribution is -2.25. The van der Waals surface area contributed by atoms with Crippen molar-refractivity contribution in [2.75, 3.05) is 13.1 Å². The Balaban J connectivity index is 1.57. The van der Waals surface area contributed by atoms with Crippen LogP contribution in [0.2, 0.25) is 0 Å². The SMILES string of the molecule is CC1(C)CC1CNCC1CCCCCC1. The van der Waals surface area contributed by atoms with Gasteiger partial charge in [-0.15, -0.1) is 0 Å². The second-order valence-corrected chi connectivity index (χ2v) is 6.41. The first-order chi connectivity index (χ1) is 7.18. The van der Waals surface area contributed by atoms with Crippen LogP contribution in [0.25, 0.3) is 0 Å². The molecule has 15 heavy (non-hydrogen) atoms. The van der Waals surface area contributed by atoms with Gasteiger partial charge in [-0.3, -0.25) is 0 Å². The fourth-order valence-electron chi connectivity index (χ4n) is 2.95. The van der Waals surface area contributed by atoms with Gasteiger partial charge in [-0.2, -0.15) is 0 Å². The van der Waals surface area contributed by atoms with Crippen LogP contribution in [0.3, 0.4) is 0 Å². The number of hydrogen-bond acceptors (Lipinski definition) is 1. The highest BCUT2D eigenvalue weighted by Gasteiger charge is 2.44. The van der Waals surface area contributed by atoms with Crippen molar-refractivity contribution in [3.63, 3.8) is 0 Å². The minimum atomic E-state index is 0.649. The van der Waals surface area contributed by atoms with Gasteiger partial charge in [0.15, 0.2) is 0 Å². The molecule has 2 fully saturated rings. The highest BCUT2D eigenvalue weighted by Crippen LogP contribution is 2.50. The van der Waals surface area contributed by atoms with E-state index in [0.717, 1.165) is 11.8 Å². The molecule has 1 unspecified atom stereocenters. The number of hydrogen-bond donors (Lipinski definition) is 1. The van der Waals surface area contributed by atoms with E-state index in [1.54, 1.807) is 0 Å². The van der Waals surface area contributed by atoms with Gasteiger partial charge >= 0.3 is 0 Å². The molecule has 0 saturated heterocycles. The zero-order valence-corrected chi connectivity index (χ0v) is 10.5. The van der Waals surface area contributed by atoms with E-state index in [9.17, 15) is 0 Å². The van der Waals surface area contributed by atoms with E-state index < -0.39 is 0 Å². The normalized spacial score (nSPS) is 31.2. The quantitative estimate of drug-likeness (QED) is 0.698. The number of nitrogens with one attached hydrogen (secondary N) is 1. The summed E-state index contributed by atoms with van der Waals surface area (Å²) in [6.45, 7) is 7.34. The molecule has 0 heterocycles. The first-order valence-corrected chi connectivity index (χ1v) is 6.89. The molecule has 1 atom stereocenters. The molecule has 1 N–H and O–H groups in total. The Labute approximate surface area is 95.0 Å². The Morgan fingerprint density at radius 3 is 2.13 bits per heavy atom. The Hall–Kier alpha value is -0.0400. The van der Waals surface area contributed by atoms with Crippen LogP contribution in [0, 0.1) is 17.3 Å². The molecule has 0 bridgehead atoms. The van der Waals surface area contributed by atoms with Crippen LogP contribution in [0.5, 0.6) is 0 Å². The molecular formula is C14H27N. The predicted molar refractivity (Wildman–Crippen MR) is 65.9 cm³/mol. The van der Waals surface area contributed by atoms with Crippen molar-refractivity contribution in [1.82, 2.24) is 5.32 Å². The molecule has 2 aliphatic rings. The molecule has 2 aliphatic carbocycles.